The molecule has 1 heterocycles. The summed E-state index contributed by atoms with van der Waals surface area (Å²) in [5.41, 5.74) is 0. The van der Waals surface area contributed by atoms with E-state index >= 15 is 0 Å². The van der Waals surface area contributed by atoms with Crippen molar-refractivity contribution in [2.75, 3.05) is 32.5 Å². The molecule has 0 unspecified atom stereocenters. The molecule has 0 aliphatic rings. The van der Waals surface area contributed by atoms with Crippen molar-refractivity contribution in [3.8, 4) is 0 Å². The minimum absolute atomic E-state index is 0.931. The summed E-state index contributed by atoms with van der Waals surface area (Å²) in [6.45, 7) is 1.95. The molecule has 0 aliphatic heterocycles. The molecule has 0 aromatic carbocycles. The first kappa shape index (κ1) is 10.7. The van der Waals surface area contributed by atoms with Crippen LogP contribution in [0.15, 0.2) is 18.3 Å². The monoisotopic (exact) mass is 291 g/mol. The van der Waals surface area contributed by atoms with E-state index in [9.17, 15) is 0 Å². The summed E-state index contributed by atoms with van der Waals surface area (Å²) in [5, 5.41) is 3.25. The fraction of sp³-hybridized carbons (Fsp3) is 0.444. The van der Waals surface area contributed by atoms with Gasteiger partial charge in [-0.25, -0.2) is 4.98 Å². The Morgan fingerprint density at radius 3 is 2.77 bits per heavy atom. The SMILES string of the molecule is CN(C)CCNc1ccc(I)cn1. The molecule has 13 heavy (non-hydrogen) atoms. The van der Waals surface area contributed by atoms with E-state index in [1.165, 1.54) is 0 Å². The highest BCUT2D eigenvalue weighted by molar-refractivity contribution is 14.1. The topological polar surface area (TPSA) is 28.2 Å². The van der Waals surface area contributed by atoms with Gasteiger partial charge in [0.15, 0.2) is 0 Å². The average molecular weight is 291 g/mol. The van der Waals surface area contributed by atoms with Crippen LogP contribution in [0.5, 0.6) is 0 Å². The molecule has 1 aromatic heterocycles. The van der Waals surface area contributed by atoms with E-state index in [4.69, 9.17) is 0 Å². The third-order valence-electron chi connectivity index (χ3n) is 1.59. The third-order valence-corrected chi connectivity index (χ3v) is 2.23. The van der Waals surface area contributed by atoms with Crippen molar-refractivity contribution >= 4 is 28.4 Å². The number of hydrogen-bond acceptors (Lipinski definition) is 3. The molecule has 0 amide bonds. The largest absolute Gasteiger partial charge is 0.369 e. The maximum absolute atomic E-state index is 4.24. The highest BCUT2D eigenvalue weighted by Gasteiger charge is 1.93. The van der Waals surface area contributed by atoms with E-state index in [0.717, 1.165) is 22.5 Å². The van der Waals surface area contributed by atoms with Crippen LogP contribution in [0.25, 0.3) is 0 Å². The molecular formula is C9H14IN3. The fourth-order valence-corrected chi connectivity index (χ4v) is 1.21. The molecule has 0 saturated heterocycles. The minimum Gasteiger partial charge on any atom is -0.369 e. The standard InChI is InChI=1S/C9H14IN3/c1-13(2)6-5-11-9-4-3-8(10)7-12-9/h3-4,7H,5-6H2,1-2H3,(H,11,12). The van der Waals surface area contributed by atoms with Gasteiger partial charge in [-0.05, 0) is 48.8 Å². The van der Waals surface area contributed by atoms with E-state index in [1.54, 1.807) is 0 Å². The molecule has 0 radical (unpaired) electrons. The quantitative estimate of drug-likeness (QED) is 0.855. The molecule has 0 fully saturated rings. The van der Waals surface area contributed by atoms with Crippen LogP contribution in [0.4, 0.5) is 5.82 Å². The van der Waals surface area contributed by atoms with Crippen LogP contribution < -0.4 is 5.32 Å². The smallest absolute Gasteiger partial charge is 0.125 e. The Morgan fingerprint density at radius 1 is 1.46 bits per heavy atom. The Labute approximate surface area is 92.7 Å². The predicted molar refractivity (Wildman–Crippen MR) is 64.0 cm³/mol. The molecule has 1 rings (SSSR count). The first-order valence-electron chi connectivity index (χ1n) is 4.18. The lowest BCUT2D eigenvalue weighted by Gasteiger charge is -2.10. The first-order valence-corrected chi connectivity index (χ1v) is 5.26. The van der Waals surface area contributed by atoms with Gasteiger partial charge in [0.05, 0.1) is 0 Å². The zero-order valence-corrected chi connectivity index (χ0v) is 10.1. The second-order valence-corrected chi connectivity index (χ2v) is 4.34. The normalized spacial score (nSPS) is 10.5. The molecule has 0 atom stereocenters. The van der Waals surface area contributed by atoms with Gasteiger partial charge in [0.1, 0.15) is 5.82 Å². The first-order chi connectivity index (χ1) is 6.18. The van der Waals surface area contributed by atoms with Crippen LogP contribution >= 0.6 is 22.6 Å². The van der Waals surface area contributed by atoms with Crippen molar-refractivity contribution in [1.82, 2.24) is 9.88 Å². The zero-order valence-electron chi connectivity index (χ0n) is 7.92. The van der Waals surface area contributed by atoms with Gasteiger partial charge in [0.2, 0.25) is 0 Å². The van der Waals surface area contributed by atoms with Gasteiger partial charge in [0, 0.05) is 22.9 Å². The second-order valence-electron chi connectivity index (χ2n) is 3.09. The molecule has 1 aromatic rings. The molecule has 3 nitrogen and oxygen atoms in total. The van der Waals surface area contributed by atoms with Crippen LogP contribution in [0.2, 0.25) is 0 Å². The molecule has 0 spiro atoms. The Kier molecular flexibility index (Phi) is 4.44. The second kappa shape index (κ2) is 5.39. The van der Waals surface area contributed by atoms with Crippen LogP contribution in [0.1, 0.15) is 0 Å². The summed E-state index contributed by atoms with van der Waals surface area (Å²) in [5.74, 6) is 0.947. The van der Waals surface area contributed by atoms with Gasteiger partial charge in [-0.1, -0.05) is 0 Å². The molecule has 4 heteroatoms. The van der Waals surface area contributed by atoms with Crippen LogP contribution in [-0.4, -0.2) is 37.1 Å². The van der Waals surface area contributed by atoms with Crippen molar-refractivity contribution < 1.29 is 0 Å². The zero-order chi connectivity index (χ0) is 9.68. The Hall–Kier alpha value is -0.360. The number of likely N-dealkylation sites (N-methyl/N-ethyl adjacent to an activating group) is 1. The van der Waals surface area contributed by atoms with Gasteiger partial charge >= 0.3 is 0 Å². The van der Waals surface area contributed by atoms with E-state index in [1.807, 2.05) is 18.3 Å². The predicted octanol–water partition coefficient (Wildman–Crippen LogP) is 1.66. The average Bonchev–Trinajstić information content (AvgIpc) is 2.08. The van der Waals surface area contributed by atoms with E-state index in [0.29, 0.717) is 0 Å². The minimum atomic E-state index is 0.931. The van der Waals surface area contributed by atoms with E-state index in [-0.39, 0.29) is 0 Å². The maximum atomic E-state index is 4.24. The number of nitrogens with zero attached hydrogens (tertiary/aromatic N) is 2. The summed E-state index contributed by atoms with van der Waals surface area (Å²) in [4.78, 5) is 6.38. The van der Waals surface area contributed by atoms with Gasteiger partial charge in [-0.3, -0.25) is 0 Å². The lowest BCUT2D eigenvalue weighted by Crippen LogP contribution is -2.21. The number of hydrogen-bond donors (Lipinski definition) is 1. The highest BCUT2D eigenvalue weighted by atomic mass is 127. The summed E-state index contributed by atoms with van der Waals surface area (Å²) >= 11 is 2.25. The van der Waals surface area contributed by atoms with Crippen LogP contribution in [0.3, 0.4) is 0 Å². The molecule has 1 N–H and O–H groups in total. The van der Waals surface area contributed by atoms with Gasteiger partial charge in [-0.2, -0.15) is 0 Å². The number of pyridine rings is 1. The Balaban J connectivity index is 2.33. The molecule has 0 bridgehead atoms. The van der Waals surface area contributed by atoms with Gasteiger partial charge < -0.3 is 10.2 Å². The lowest BCUT2D eigenvalue weighted by molar-refractivity contribution is 0.425. The van der Waals surface area contributed by atoms with E-state index < -0.39 is 0 Å². The van der Waals surface area contributed by atoms with Crippen molar-refractivity contribution in [3.05, 3.63) is 21.9 Å². The number of halogens is 1. The summed E-state index contributed by atoms with van der Waals surface area (Å²) < 4.78 is 1.16. The summed E-state index contributed by atoms with van der Waals surface area (Å²) in [6, 6.07) is 4.04. The number of aromatic nitrogens is 1. The Morgan fingerprint density at radius 2 is 2.23 bits per heavy atom. The van der Waals surface area contributed by atoms with Crippen molar-refractivity contribution in [2.24, 2.45) is 0 Å². The maximum Gasteiger partial charge on any atom is 0.125 e. The number of anilines is 1. The number of nitrogens with one attached hydrogen (secondary N) is 1. The summed E-state index contributed by atoms with van der Waals surface area (Å²) in [6.07, 6.45) is 1.86. The van der Waals surface area contributed by atoms with Crippen molar-refractivity contribution in [1.29, 1.82) is 0 Å². The van der Waals surface area contributed by atoms with Gasteiger partial charge in [0.25, 0.3) is 0 Å². The number of rotatable bonds is 4. The highest BCUT2D eigenvalue weighted by Crippen LogP contribution is 2.06. The molecule has 0 saturated carbocycles. The van der Waals surface area contributed by atoms with Crippen molar-refractivity contribution in [2.45, 2.75) is 0 Å². The lowest BCUT2D eigenvalue weighted by atomic mass is 10.4. The van der Waals surface area contributed by atoms with Gasteiger partial charge in [-0.15, -0.1) is 0 Å². The third kappa shape index (κ3) is 4.42. The Bertz CT molecular complexity index is 246. The van der Waals surface area contributed by atoms with Crippen LogP contribution in [0, 0.1) is 3.57 Å². The van der Waals surface area contributed by atoms with Crippen LogP contribution in [-0.2, 0) is 0 Å². The molecular weight excluding hydrogens is 277 g/mol. The molecule has 72 valence electrons. The summed E-state index contributed by atoms with van der Waals surface area (Å²) in [7, 11) is 4.12. The van der Waals surface area contributed by atoms with Crippen molar-refractivity contribution in [3.63, 3.8) is 0 Å². The fourth-order valence-electron chi connectivity index (χ4n) is 0.888. The van der Waals surface area contributed by atoms with E-state index in [2.05, 4.69) is 51.9 Å². The molecule has 0 aliphatic carbocycles.